The van der Waals surface area contributed by atoms with Crippen LogP contribution < -0.4 is 10.1 Å². The number of ether oxygens (including phenoxy) is 1. The average Bonchev–Trinajstić information content (AvgIpc) is 2.36. The van der Waals surface area contributed by atoms with E-state index in [9.17, 15) is 0 Å². The van der Waals surface area contributed by atoms with Crippen molar-refractivity contribution >= 4 is 37.8 Å². The fourth-order valence-corrected chi connectivity index (χ4v) is 1.94. The van der Waals surface area contributed by atoms with E-state index in [0.717, 1.165) is 15.8 Å². The van der Waals surface area contributed by atoms with Gasteiger partial charge in [0.05, 0.1) is 10.7 Å². The van der Waals surface area contributed by atoms with Crippen molar-refractivity contribution in [2.75, 3.05) is 12.4 Å². The molecule has 18 heavy (non-hydrogen) atoms. The first-order valence-electron chi connectivity index (χ1n) is 5.24. The predicted octanol–water partition coefficient (Wildman–Crippen LogP) is 4.14. The molecule has 4 nitrogen and oxygen atoms in total. The number of hydrogen-bond acceptors (Lipinski definition) is 4. The molecule has 1 aromatic carbocycles. The summed E-state index contributed by atoms with van der Waals surface area (Å²) in [7, 11) is 1.76. The molecule has 0 aliphatic heterocycles. The highest BCUT2D eigenvalue weighted by molar-refractivity contribution is 9.10. The third-order valence-corrected chi connectivity index (χ3v) is 3.33. The minimum atomic E-state index is 0.482. The molecule has 94 valence electrons. The molecule has 0 saturated carbocycles. The fraction of sp³-hybridized carbons (Fsp3) is 0.167. The van der Waals surface area contributed by atoms with Crippen LogP contribution in [0, 0.1) is 6.92 Å². The Kier molecular flexibility index (Phi) is 4.19. The van der Waals surface area contributed by atoms with Gasteiger partial charge in [0.1, 0.15) is 5.75 Å². The van der Waals surface area contributed by atoms with E-state index < -0.39 is 0 Å². The van der Waals surface area contributed by atoms with Gasteiger partial charge in [0.25, 0.3) is 0 Å². The highest BCUT2D eigenvalue weighted by atomic mass is 79.9. The summed E-state index contributed by atoms with van der Waals surface area (Å²) in [6.45, 7) is 1.98. The van der Waals surface area contributed by atoms with Crippen molar-refractivity contribution < 1.29 is 4.74 Å². The van der Waals surface area contributed by atoms with Crippen molar-refractivity contribution in [1.29, 1.82) is 0 Å². The standard InChI is InChI=1S/C12H11Br2N3O/c1-7-3-4-8(13)5-10(7)18-11-9(14)6-16-12(15-2)17-11/h3-6H,1-2H3,(H,15,16,17). The van der Waals surface area contributed by atoms with Crippen molar-refractivity contribution in [2.24, 2.45) is 0 Å². The maximum atomic E-state index is 5.80. The molecule has 0 amide bonds. The van der Waals surface area contributed by atoms with Crippen LogP contribution in [0.1, 0.15) is 5.56 Å². The highest BCUT2D eigenvalue weighted by Crippen LogP contribution is 2.31. The van der Waals surface area contributed by atoms with Crippen molar-refractivity contribution in [1.82, 2.24) is 9.97 Å². The third-order valence-electron chi connectivity index (χ3n) is 2.29. The van der Waals surface area contributed by atoms with E-state index in [1.807, 2.05) is 25.1 Å². The summed E-state index contributed by atoms with van der Waals surface area (Å²) in [4.78, 5) is 8.33. The Morgan fingerprint density at radius 3 is 2.78 bits per heavy atom. The van der Waals surface area contributed by atoms with Crippen LogP contribution in [-0.4, -0.2) is 17.0 Å². The van der Waals surface area contributed by atoms with E-state index in [0.29, 0.717) is 16.3 Å². The normalized spacial score (nSPS) is 10.2. The first-order valence-corrected chi connectivity index (χ1v) is 6.83. The minimum Gasteiger partial charge on any atom is -0.437 e. The van der Waals surface area contributed by atoms with E-state index in [1.54, 1.807) is 13.2 Å². The maximum Gasteiger partial charge on any atom is 0.238 e. The zero-order valence-corrected chi connectivity index (χ0v) is 13.0. The molecule has 0 bridgehead atoms. The van der Waals surface area contributed by atoms with E-state index in [2.05, 4.69) is 47.1 Å². The Balaban J connectivity index is 2.36. The quantitative estimate of drug-likeness (QED) is 0.879. The molecule has 2 rings (SSSR count). The van der Waals surface area contributed by atoms with Crippen molar-refractivity contribution in [2.45, 2.75) is 6.92 Å². The summed E-state index contributed by atoms with van der Waals surface area (Å²) in [6, 6.07) is 5.85. The highest BCUT2D eigenvalue weighted by Gasteiger charge is 2.09. The molecular weight excluding hydrogens is 362 g/mol. The molecule has 0 aliphatic carbocycles. The Hall–Kier alpha value is -1.14. The topological polar surface area (TPSA) is 47.0 Å². The van der Waals surface area contributed by atoms with Gasteiger partial charge >= 0.3 is 0 Å². The number of benzene rings is 1. The summed E-state index contributed by atoms with van der Waals surface area (Å²) >= 11 is 6.79. The van der Waals surface area contributed by atoms with Crippen LogP contribution in [-0.2, 0) is 0 Å². The molecule has 0 atom stereocenters. The SMILES string of the molecule is CNc1ncc(Br)c(Oc2cc(Br)ccc2C)n1. The van der Waals surface area contributed by atoms with Crippen LogP contribution >= 0.6 is 31.9 Å². The summed E-state index contributed by atoms with van der Waals surface area (Å²) in [5.41, 5.74) is 1.04. The molecule has 1 heterocycles. The van der Waals surface area contributed by atoms with Gasteiger partial charge in [-0.2, -0.15) is 4.98 Å². The fourth-order valence-electron chi connectivity index (χ4n) is 1.33. The number of aromatic nitrogens is 2. The Morgan fingerprint density at radius 1 is 1.28 bits per heavy atom. The third kappa shape index (κ3) is 3.00. The van der Waals surface area contributed by atoms with Gasteiger partial charge in [0.2, 0.25) is 11.8 Å². The predicted molar refractivity (Wildman–Crippen MR) is 78.2 cm³/mol. The minimum absolute atomic E-state index is 0.482. The van der Waals surface area contributed by atoms with E-state index in [1.165, 1.54) is 0 Å². The van der Waals surface area contributed by atoms with Crippen LogP contribution in [0.15, 0.2) is 33.3 Å². The second-order valence-corrected chi connectivity index (χ2v) is 5.38. The zero-order valence-electron chi connectivity index (χ0n) is 9.87. The number of halogens is 2. The van der Waals surface area contributed by atoms with Crippen molar-refractivity contribution in [3.05, 3.63) is 38.9 Å². The summed E-state index contributed by atoms with van der Waals surface area (Å²) < 4.78 is 7.46. The lowest BCUT2D eigenvalue weighted by atomic mass is 10.2. The van der Waals surface area contributed by atoms with Crippen LogP contribution in [0.3, 0.4) is 0 Å². The lowest BCUT2D eigenvalue weighted by Gasteiger charge is -2.10. The molecule has 2 aromatic rings. The number of nitrogens with zero attached hydrogens (tertiary/aromatic N) is 2. The van der Waals surface area contributed by atoms with E-state index in [-0.39, 0.29) is 0 Å². The van der Waals surface area contributed by atoms with Gasteiger partial charge in [-0.25, -0.2) is 4.98 Å². The Bertz CT molecular complexity index is 575. The van der Waals surface area contributed by atoms with Crippen molar-refractivity contribution in [3.8, 4) is 11.6 Å². The van der Waals surface area contributed by atoms with Gasteiger partial charge in [-0.1, -0.05) is 22.0 Å². The summed E-state index contributed by atoms with van der Waals surface area (Å²) in [5.74, 6) is 1.75. The van der Waals surface area contributed by atoms with Gasteiger partial charge in [-0.15, -0.1) is 0 Å². The number of aryl methyl sites for hydroxylation is 1. The smallest absolute Gasteiger partial charge is 0.238 e. The second-order valence-electron chi connectivity index (χ2n) is 3.61. The molecule has 0 aliphatic rings. The molecule has 0 fully saturated rings. The van der Waals surface area contributed by atoms with Crippen LogP contribution in [0.25, 0.3) is 0 Å². The van der Waals surface area contributed by atoms with Crippen LogP contribution in [0.5, 0.6) is 11.6 Å². The number of hydrogen-bond donors (Lipinski definition) is 1. The molecule has 1 N–H and O–H groups in total. The lowest BCUT2D eigenvalue weighted by molar-refractivity contribution is 0.455. The first kappa shape index (κ1) is 13.3. The molecular formula is C12H11Br2N3O. The Labute approximate surface area is 122 Å². The number of nitrogens with one attached hydrogen (secondary N) is 1. The lowest BCUT2D eigenvalue weighted by Crippen LogP contribution is -1.99. The van der Waals surface area contributed by atoms with Crippen LogP contribution in [0.2, 0.25) is 0 Å². The summed E-state index contributed by atoms with van der Waals surface area (Å²) in [5, 5.41) is 2.87. The van der Waals surface area contributed by atoms with E-state index >= 15 is 0 Å². The molecule has 1 aromatic heterocycles. The Morgan fingerprint density at radius 2 is 2.06 bits per heavy atom. The molecule has 0 spiro atoms. The largest absolute Gasteiger partial charge is 0.437 e. The van der Waals surface area contributed by atoms with Gasteiger partial charge < -0.3 is 10.1 Å². The zero-order chi connectivity index (χ0) is 13.1. The van der Waals surface area contributed by atoms with Crippen molar-refractivity contribution in [3.63, 3.8) is 0 Å². The average molecular weight is 373 g/mol. The maximum absolute atomic E-state index is 5.80. The van der Waals surface area contributed by atoms with Crippen LogP contribution in [0.4, 0.5) is 5.95 Å². The summed E-state index contributed by atoms with van der Waals surface area (Å²) in [6.07, 6.45) is 1.65. The van der Waals surface area contributed by atoms with Gasteiger partial charge in [0, 0.05) is 11.5 Å². The molecule has 6 heteroatoms. The monoisotopic (exact) mass is 371 g/mol. The molecule has 0 unspecified atom stereocenters. The van der Waals surface area contributed by atoms with Gasteiger partial charge in [-0.3, -0.25) is 0 Å². The number of anilines is 1. The van der Waals surface area contributed by atoms with Gasteiger partial charge in [-0.05, 0) is 40.5 Å². The first-order chi connectivity index (χ1) is 8.60. The second kappa shape index (κ2) is 5.67. The number of rotatable bonds is 3. The van der Waals surface area contributed by atoms with Gasteiger partial charge in [0.15, 0.2) is 0 Å². The van der Waals surface area contributed by atoms with E-state index in [4.69, 9.17) is 4.74 Å². The molecule has 0 saturated heterocycles. The molecule has 0 radical (unpaired) electrons.